The van der Waals surface area contributed by atoms with Crippen molar-refractivity contribution < 1.29 is 4.74 Å². The van der Waals surface area contributed by atoms with Crippen LogP contribution < -0.4 is 4.74 Å². The molecular weight excluding hydrogens is 328 g/mol. The summed E-state index contributed by atoms with van der Waals surface area (Å²) < 4.78 is 5.22. The van der Waals surface area contributed by atoms with Crippen LogP contribution in [-0.2, 0) is 13.0 Å². The fourth-order valence-corrected chi connectivity index (χ4v) is 3.65. The smallest absolute Gasteiger partial charge is 0.118 e. The van der Waals surface area contributed by atoms with Gasteiger partial charge >= 0.3 is 0 Å². The van der Waals surface area contributed by atoms with Gasteiger partial charge in [0.1, 0.15) is 5.75 Å². The number of ether oxygens (including phenoxy) is 1. The molecule has 0 spiro atoms. The number of rotatable bonds is 7. The normalized spacial score (nSPS) is 16.1. The van der Waals surface area contributed by atoms with Crippen LogP contribution >= 0.6 is 11.8 Å². The molecule has 1 saturated heterocycles. The van der Waals surface area contributed by atoms with E-state index in [-0.39, 0.29) is 0 Å². The molecule has 25 heavy (non-hydrogen) atoms. The van der Waals surface area contributed by atoms with E-state index in [1.807, 2.05) is 0 Å². The topological polar surface area (TPSA) is 15.7 Å². The highest BCUT2D eigenvalue weighted by Gasteiger charge is 2.16. The van der Waals surface area contributed by atoms with E-state index in [1.165, 1.54) is 29.1 Å². The molecule has 1 aliphatic rings. The summed E-state index contributed by atoms with van der Waals surface area (Å²) in [6, 6.07) is 17.4. The molecule has 0 radical (unpaired) electrons. The van der Waals surface area contributed by atoms with Gasteiger partial charge in [0.15, 0.2) is 0 Å². The lowest BCUT2D eigenvalue weighted by atomic mass is 10.1. The van der Waals surface area contributed by atoms with Gasteiger partial charge in [-0.15, -0.1) is 11.8 Å². The third-order valence-corrected chi connectivity index (χ3v) is 5.65. The maximum absolute atomic E-state index is 5.22. The minimum atomic E-state index is 0.933. The molecule has 134 valence electrons. The van der Waals surface area contributed by atoms with E-state index >= 15 is 0 Å². The van der Waals surface area contributed by atoms with Crippen molar-refractivity contribution in [1.29, 1.82) is 0 Å². The molecule has 3 rings (SSSR count). The van der Waals surface area contributed by atoms with Gasteiger partial charge in [-0.1, -0.05) is 24.3 Å². The zero-order valence-electron chi connectivity index (χ0n) is 15.3. The van der Waals surface area contributed by atoms with Crippen LogP contribution in [0.3, 0.4) is 0 Å². The van der Waals surface area contributed by atoms with E-state index in [9.17, 15) is 0 Å². The van der Waals surface area contributed by atoms with Gasteiger partial charge in [-0.25, -0.2) is 0 Å². The molecule has 2 aromatic carbocycles. The van der Waals surface area contributed by atoms with Crippen LogP contribution in [0.1, 0.15) is 11.1 Å². The second kappa shape index (κ2) is 9.27. The van der Waals surface area contributed by atoms with Crippen molar-refractivity contribution in [2.45, 2.75) is 17.9 Å². The Morgan fingerprint density at radius 1 is 0.840 bits per heavy atom. The lowest BCUT2D eigenvalue weighted by Crippen LogP contribution is -2.46. The molecule has 1 aliphatic heterocycles. The molecule has 0 N–H and O–H groups in total. The first-order valence-electron chi connectivity index (χ1n) is 8.97. The van der Waals surface area contributed by atoms with Crippen molar-refractivity contribution in [3.8, 4) is 5.75 Å². The molecule has 0 aromatic heterocycles. The largest absolute Gasteiger partial charge is 0.497 e. The Hall–Kier alpha value is -1.49. The van der Waals surface area contributed by atoms with Crippen LogP contribution in [0.2, 0.25) is 0 Å². The highest BCUT2D eigenvalue weighted by molar-refractivity contribution is 7.98. The summed E-state index contributed by atoms with van der Waals surface area (Å²) in [6.07, 6.45) is 3.24. The molecule has 0 amide bonds. The summed E-state index contributed by atoms with van der Waals surface area (Å²) in [5.41, 5.74) is 2.81. The number of benzene rings is 2. The first-order valence-corrected chi connectivity index (χ1v) is 10.2. The summed E-state index contributed by atoms with van der Waals surface area (Å²) in [5.74, 6) is 0.933. The summed E-state index contributed by atoms with van der Waals surface area (Å²) in [5, 5.41) is 0. The Morgan fingerprint density at radius 3 is 2.04 bits per heavy atom. The third kappa shape index (κ3) is 5.50. The molecule has 0 bridgehead atoms. The minimum Gasteiger partial charge on any atom is -0.497 e. The van der Waals surface area contributed by atoms with Crippen molar-refractivity contribution in [2.75, 3.05) is 46.1 Å². The summed E-state index contributed by atoms with van der Waals surface area (Å²) in [4.78, 5) is 6.49. The number of thioether (sulfide) groups is 1. The van der Waals surface area contributed by atoms with Gasteiger partial charge in [-0.2, -0.15) is 0 Å². The highest BCUT2D eigenvalue weighted by Crippen LogP contribution is 2.17. The fraction of sp³-hybridized carbons (Fsp3) is 0.429. The van der Waals surface area contributed by atoms with Crippen LogP contribution in [-0.4, -0.2) is 55.9 Å². The maximum atomic E-state index is 5.22. The molecule has 2 aromatic rings. The maximum Gasteiger partial charge on any atom is 0.118 e. The number of piperazine rings is 1. The van der Waals surface area contributed by atoms with Gasteiger partial charge in [0, 0.05) is 44.2 Å². The Morgan fingerprint density at radius 2 is 1.44 bits per heavy atom. The Kier molecular flexibility index (Phi) is 6.79. The standard InChI is InChI=1S/C21H28N2OS/c1-24-20-7-3-18(4-8-20)11-12-22-13-15-23(16-14-22)17-19-5-9-21(25-2)10-6-19/h3-10H,11-17H2,1-2H3. The first-order chi connectivity index (χ1) is 12.3. The number of hydrogen-bond donors (Lipinski definition) is 0. The second-order valence-electron chi connectivity index (χ2n) is 6.56. The SMILES string of the molecule is COc1ccc(CCN2CCN(Cc3ccc(SC)cc3)CC2)cc1. The number of nitrogens with zero attached hydrogens (tertiary/aromatic N) is 2. The van der Waals surface area contributed by atoms with Crippen molar-refractivity contribution in [3.05, 3.63) is 59.7 Å². The van der Waals surface area contributed by atoms with Crippen LogP contribution in [0.5, 0.6) is 5.75 Å². The molecule has 1 heterocycles. The Bertz CT molecular complexity index is 634. The minimum absolute atomic E-state index is 0.933. The molecule has 1 fully saturated rings. The molecule has 0 saturated carbocycles. The van der Waals surface area contributed by atoms with Gasteiger partial charge in [0.05, 0.1) is 7.11 Å². The van der Waals surface area contributed by atoms with Crippen molar-refractivity contribution in [3.63, 3.8) is 0 Å². The second-order valence-corrected chi connectivity index (χ2v) is 7.44. The van der Waals surface area contributed by atoms with E-state index in [1.54, 1.807) is 18.9 Å². The van der Waals surface area contributed by atoms with Gasteiger partial charge in [0.25, 0.3) is 0 Å². The van der Waals surface area contributed by atoms with Gasteiger partial charge in [0.2, 0.25) is 0 Å². The van der Waals surface area contributed by atoms with Crippen molar-refractivity contribution in [2.24, 2.45) is 0 Å². The van der Waals surface area contributed by atoms with Crippen molar-refractivity contribution in [1.82, 2.24) is 9.80 Å². The third-order valence-electron chi connectivity index (χ3n) is 4.91. The summed E-state index contributed by atoms with van der Waals surface area (Å²) in [6.45, 7) is 6.86. The predicted molar refractivity (Wildman–Crippen MR) is 107 cm³/mol. The average molecular weight is 357 g/mol. The number of methoxy groups -OCH3 is 1. The van der Waals surface area contributed by atoms with Gasteiger partial charge in [-0.3, -0.25) is 4.90 Å². The quantitative estimate of drug-likeness (QED) is 0.701. The van der Waals surface area contributed by atoms with Crippen LogP contribution in [0.25, 0.3) is 0 Å². The molecular formula is C21H28N2OS. The summed E-state index contributed by atoms with van der Waals surface area (Å²) in [7, 11) is 1.71. The lowest BCUT2D eigenvalue weighted by molar-refractivity contribution is 0.128. The van der Waals surface area contributed by atoms with Crippen molar-refractivity contribution >= 4 is 11.8 Å². The van der Waals surface area contributed by atoms with Gasteiger partial charge < -0.3 is 9.64 Å². The summed E-state index contributed by atoms with van der Waals surface area (Å²) >= 11 is 1.80. The first kappa shape index (κ1) is 18.3. The Balaban J connectivity index is 1.40. The van der Waals surface area contributed by atoms with Crippen LogP contribution in [0.15, 0.2) is 53.4 Å². The molecule has 3 nitrogen and oxygen atoms in total. The van der Waals surface area contributed by atoms with Gasteiger partial charge in [-0.05, 0) is 48.1 Å². The molecule has 0 atom stereocenters. The van der Waals surface area contributed by atoms with E-state index in [4.69, 9.17) is 4.74 Å². The van der Waals surface area contributed by atoms with Crippen LogP contribution in [0, 0.1) is 0 Å². The zero-order valence-corrected chi connectivity index (χ0v) is 16.1. The molecule has 0 aliphatic carbocycles. The van der Waals surface area contributed by atoms with E-state index in [0.29, 0.717) is 0 Å². The predicted octanol–water partition coefficient (Wildman–Crippen LogP) is 3.78. The fourth-order valence-electron chi connectivity index (χ4n) is 3.24. The monoisotopic (exact) mass is 356 g/mol. The average Bonchev–Trinajstić information content (AvgIpc) is 2.68. The van der Waals surface area contributed by atoms with Crippen LogP contribution in [0.4, 0.5) is 0 Å². The van der Waals surface area contributed by atoms with E-state index in [0.717, 1.165) is 38.3 Å². The zero-order chi connectivity index (χ0) is 17.5. The number of hydrogen-bond acceptors (Lipinski definition) is 4. The lowest BCUT2D eigenvalue weighted by Gasteiger charge is -2.34. The highest BCUT2D eigenvalue weighted by atomic mass is 32.2. The molecule has 4 heteroatoms. The molecule has 0 unspecified atom stereocenters. The van der Waals surface area contributed by atoms with E-state index < -0.39 is 0 Å². The van der Waals surface area contributed by atoms with E-state index in [2.05, 4.69) is 64.6 Å². The Labute approximate surface area is 156 Å².